The van der Waals surface area contributed by atoms with E-state index in [9.17, 15) is 23.5 Å². The van der Waals surface area contributed by atoms with Crippen molar-refractivity contribution in [3.63, 3.8) is 0 Å². The molecule has 158 valence electrons. The summed E-state index contributed by atoms with van der Waals surface area (Å²) in [6.07, 6.45) is -1.95. The van der Waals surface area contributed by atoms with Gasteiger partial charge in [-0.2, -0.15) is 0 Å². The molecule has 1 saturated heterocycles. The molecule has 5 atom stereocenters. The van der Waals surface area contributed by atoms with Crippen molar-refractivity contribution >= 4 is 11.1 Å². The van der Waals surface area contributed by atoms with Gasteiger partial charge < -0.3 is 5.11 Å². The molecule has 0 spiro atoms. The summed E-state index contributed by atoms with van der Waals surface area (Å²) in [5.41, 5.74) is -0.246. The maximum absolute atomic E-state index is 15.5. The summed E-state index contributed by atoms with van der Waals surface area (Å²) in [5.74, 6) is -4.10. The molecule has 4 aliphatic rings. The first-order chi connectivity index (χ1) is 13.6. The van der Waals surface area contributed by atoms with Crippen LogP contribution in [0.5, 0.6) is 0 Å². The molecule has 3 fully saturated rings. The predicted octanol–water partition coefficient (Wildman–Crippen LogP) is -0.119. The van der Waals surface area contributed by atoms with Crippen LogP contribution in [-0.4, -0.2) is 56.9 Å². The van der Waals surface area contributed by atoms with E-state index < -0.39 is 53.7 Å². The molecule has 2 heterocycles. The van der Waals surface area contributed by atoms with Gasteiger partial charge in [-0.05, 0) is 43.8 Å². The molecule has 2 saturated carbocycles. The van der Waals surface area contributed by atoms with Gasteiger partial charge in [0.1, 0.15) is 12.3 Å². The lowest BCUT2D eigenvalue weighted by molar-refractivity contribution is -0.101. The van der Waals surface area contributed by atoms with E-state index >= 15 is 4.39 Å². The number of nitrogens with zero attached hydrogens (tertiary/aromatic N) is 2. The zero-order valence-corrected chi connectivity index (χ0v) is 16.3. The Hall–Kier alpha value is -1.87. The summed E-state index contributed by atoms with van der Waals surface area (Å²) in [6, 6.07) is -0.744. The van der Waals surface area contributed by atoms with Crippen LogP contribution in [0.1, 0.15) is 39.2 Å². The Morgan fingerprint density at radius 3 is 2.45 bits per heavy atom. The molecule has 1 aromatic heterocycles. The van der Waals surface area contributed by atoms with Gasteiger partial charge in [-0.25, -0.2) is 18.0 Å². The number of fused-ring (bicyclic) bond motifs is 2. The Bertz CT molecular complexity index is 1120. The summed E-state index contributed by atoms with van der Waals surface area (Å²) < 4.78 is 44.8. The number of aliphatic hydroxyl groups excluding tert-OH is 1. The minimum atomic E-state index is -3.10. The van der Waals surface area contributed by atoms with Gasteiger partial charge in [-0.3, -0.25) is 19.2 Å². The average Bonchev–Trinajstić information content (AvgIpc) is 3.35. The second-order valence-electron chi connectivity index (χ2n) is 9.08. The quantitative estimate of drug-likeness (QED) is 0.712. The average molecular weight is 411 g/mol. The van der Waals surface area contributed by atoms with Crippen molar-refractivity contribution in [1.29, 1.82) is 0 Å². The van der Waals surface area contributed by atoms with Crippen molar-refractivity contribution in [3.05, 3.63) is 31.4 Å². The van der Waals surface area contributed by atoms with E-state index in [1.165, 1.54) is 0 Å². The highest BCUT2D eigenvalue weighted by atomic mass is 19.3. The Balaban J connectivity index is 1.64. The molecule has 2 N–H and O–H groups in total. The highest BCUT2D eigenvalue weighted by Gasteiger charge is 2.58. The first-order valence-electron chi connectivity index (χ1n) is 10.1. The van der Waals surface area contributed by atoms with Gasteiger partial charge in [0.25, 0.3) is 11.5 Å². The molecule has 0 bridgehead atoms. The Morgan fingerprint density at radius 1 is 1.14 bits per heavy atom. The number of alkyl halides is 3. The van der Waals surface area contributed by atoms with Crippen LogP contribution in [0.3, 0.4) is 0 Å². The molecule has 6 nitrogen and oxygen atoms in total. The number of hydrogen-bond acceptors (Lipinski definition) is 4. The summed E-state index contributed by atoms with van der Waals surface area (Å²) in [4.78, 5) is 29.1. The van der Waals surface area contributed by atoms with Crippen LogP contribution in [0.4, 0.5) is 13.2 Å². The third-order valence-electron chi connectivity index (χ3n) is 7.24. The maximum Gasteiger partial charge on any atom is 0.329 e. The van der Waals surface area contributed by atoms with E-state index in [0.717, 1.165) is 12.8 Å². The Kier molecular flexibility index (Phi) is 4.00. The molecule has 1 aromatic rings. The molecule has 9 heteroatoms. The summed E-state index contributed by atoms with van der Waals surface area (Å²) in [7, 11) is 0. The number of aromatic amines is 1. The smallest absolute Gasteiger partial charge is 0.329 e. The number of nitrogens with one attached hydrogen (secondary N) is 1. The molecule has 5 unspecified atom stereocenters. The van der Waals surface area contributed by atoms with E-state index in [1.54, 1.807) is 18.4 Å². The third-order valence-corrected chi connectivity index (χ3v) is 7.24. The fourth-order valence-corrected chi connectivity index (χ4v) is 5.69. The van der Waals surface area contributed by atoms with Crippen LogP contribution in [-0.2, 0) is 0 Å². The van der Waals surface area contributed by atoms with E-state index in [0.29, 0.717) is 10.9 Å². The largest absolute Gasteiger partial charge is 0.387 e. The molecule has 3 aliphatic carbocycles. The number of aromatic nitrogens is 2. The van der Waals surface area contributed by atoms with Gasteiger partial charge in [-0.1, -0.05) is 0 Å². The second kappa shape index (κ2) is 6.07. The van der Waals surface area contributed by atoms with Gasteiger partial charge in [0.05, 0.1) is 16.6 Å². The fourth-order valence-electron chi connectivity index (χ4n) is 5.69. The minimum Gasteiger partial charge on any atom is -0.387 e. The second-order valence-corrected chi connectivity index (χ2v) is 9.08. The normalized spacial score (nSPS) is 36.4. The molecule has 29 heavy (non-hydrogen) atoms. The molecule has 1 aliphatic heterocycles. The van der Waals surface area contributed by atoms with Crippen molar-refractivity contribution < 1.29 is 18.3 Å². The fraction of sp³-hybridized carbons (Fsp3) is 0.700. The molecular formula is C20H24F3N3O3. The molecular weight excluding hydrogens is 387 g/mol. The lowest BCUT2D eigenvalue weighted by Gasteiger charge is -2.35. The van der Waals surface area contributed by atoms with Crippen LogP contribution >= 0.6 is 0 Å². The van der Waals surface area contributed by atoms with Crippen molar-refractivity contribution in [3.8, 4) is 0 Å². The van der Waals surface area contributed by atoms with Crippen molar-refractivity contribution in [2.45, 2.75) is 63.4 Å². The number of likely N-dealkylation sites (tertiary alicyclic amines) is 1. The third kappa shape index (κ3) is 2.63. The van der Waals surface area contributed by atoms with Crippen molar-refractivity contribution in [2.24, 2.45) is 11.8 Å². The maximum atomic E-state index is 15.5. The van der Waals surface area contributed by atoms with Crippen LogP contribution < -0.4 is 21.8 Å². The lowest BCUT2D eigenvalue weighted by Crippen LogP contribution is -2.61. The van der Waals surface area contributed by atoms with E-state index in [1.807, 2.05) is 4.90 Å². The topological polar surface area (TPSA) is 78.3 Å². The SMILES string of the molecule is CC1=c2c(=O)[nH]c(=O)n(C3CC3)c2=C(C)C(N2CC3CC(F)(F)C(O)C3C2)C1F. The first-order valence-corrected chi connectivity index (χ1v) is 10.1. The van der Waals surface area contributed by atoms with E-state index in [4.69, 9.17) is 0 Å². The minimum absolute atomic E-state index is 0.00821. The predicted molar refractivity (Wildman–Crippen MR) is 99.8 cm³/mol. The molecule has 0 amide bonds. The first kappa shape index (κ1) is 19.1. The molecule has 0 radical (unpaired) electrons. The Labute approximate surface area is 164 Å². The number of H-pyrrole nitrogens is 1. The van der Waals surface area contributed by atoms with Crippen molar-refractivity contribution in [2.75, 3.05) is 13.1 Å². The zero-order valence-electron chi connectivity index (χ0n) is 16.3. The molecule has 5 rings (SSSR count). The van der Waals surface area contributed by atoms with Gasteiger partial charge in [0.2, 0.25) is 0 Å². The summed E-state index contributed by atoms with van der Waals surface area (Å²) >= 11 is 0. The van der Waals surface area contributed by atoms with E-state index in [-0.39, 0.29) is 29.9 Å². The van der Waals surface area contributed by atoms with Gasteiger partial charge in [0, 0.05) is 31.5 Å². The Morgan fingerprint density at radius 2 is 1.83 bits per heavy atom. The van der Waals surface area contributed by atoms with E-state index in [2.05, 4.69) is 4.98 Å². The zero-order chi connectivity index (χ0) is 20.8. The number of rotatable bonds is 2. The molecule has 0 aromatic carbocycles. The van der Waals surface area contributed by atoms with Crippen LogP contribution in [0.15, 0.2) is 9.59 Å². The van der Waals surface area contributed by atoms with Crippen LogP contribution in [0.25, 0.3) is 11.1 Å². The van der Waals surface area contributed by atoms with Gasteiger partial charge in [0.15, 0.2) is 0 Å². The number of hydrogen-bond donors (Lipinski definition) is 2. The highest BCUT2D eigenvalue weighted by molar-refractivity contribution is 5.62. The van der Waals surface area contributed by atoms with Gasteiger partial charge >= 0.3 is 5.69 Å². The number of aliphatic hydroxyl groups is 1. The summed E-state index contributed by atoms with van der Waals surface area (Å²) in [5, 5.41) is 10.7. The standard InChI is InChI=1S/C20H24F3N3O3/c1-8-13-15(26(11-3-4-11)19(29)24-18(13)28)9(2)16(14(8)21)25-6-10-5-20(22,23)17(27)12(10)7-25/h10-12,14,16-17,27H,3-7H2,1-2H3,(H,24,28,29). The lowest BCUT2D eigenvalue weighted by atomic mass is 9.90. The monoisotopic (exact) mass is 411 g/mol. The van der Waals surface area contributed by atoms with Crippen LogP contribution in [0, 0.1) is 11.8 Å². The van der Waals surface area contributed by atoms with Crippen molar-refractivity contribution in [1.82, 2.24) is 14.5 Å². The number of halogens is 3. The highest BCUT2D eigenvalue weighted by Crippen LogP contribution is 2.48. The van der Waals surface area contributed by atoms with Gasteiger partial charge in [-0.15, -0.1) is 0 Å². The summed E-state index contributed by atoms with van der Waals surface area (Å²) in [6.45, 7) is 3.71. The van der Waals surface area contributed by atoms with Crippen LogP contribution in [0.2, 0.25) is 0 Å².